The van der Waals surface area contributed by atoms with Crippen LogP contribution in [0.5, 0.6) is 28.7 Å². The number of phenols is 1. The molecule has 1 N–H and O–H groups in total. The van der Waals surface area contributed by atoms with Gasteiger partial charge in [-0.25, -0.2) is 0 Å². The highest BCUT2D eigenvalue weighted by atomic mass is 16.7. The lowest BCUT2D eigenvalue weighted by Crippen LogP contribution is -2.47. The van der Waals surface area contributed by atoms with E-state index in [0.717, 1.165) is 35.7 Å². The van der Waals surface area contributed by atoms with Gasteiger partial charge in [0.25, 0.3) is 0 Å². The van der Waals surface area contributed by atoms with Crippen LogP contribution in [-0.4, -0.2) is 43.2 Å². The Labute approximate surface area is 164 Å². The summed E-state index contributed by atoms with van der Waals surface area (Å²) in [6.45, 7) is 4.48. The average molecular weight is 383 g/mol. The second kappa shape index (κ2) is 6.78. The van der Waals surface area contributed by atoms with E-state index in [1.807, 2.05) is 24.3 Å². The van der Waals surface area contributed by atoms with Gasteiger partial charge < -0.3 is 24.1 Å². The first-order valence-corrected chi connectivity index (χ1v) is 9.87. The highest BCUT2D eigenvalue weighted by Crippen LogP contribution is 2.52. The Morgan fingerprint density at radius 1 is 1.04 bits per heavy atom. The van der Waals surface area contributed by atoms with Crippen LogP contribution >= 0.6 is 0 Å². The molecule has 3 aliphatic rings. The second-order valence-electron chi connectivity index (χ2n) is 7.73. The van der Waals surface area contributed by atoms with Crippen LogP contribution in [0.2, 0.25) is 0 Å². The monoisotopic (exact) mass is 383 g/mol. The van der Waals surface area contributed by atoms with E-state index in [9.17, 15) is 5.11 Å². The summed E-state index contributed by atoms with van der Waals surface area (Å²) in [6.07, 6.45) is 2.33. The lowest BCUT2D eigenvalue weighted by atomic mass is 9.77. The van der Waals surface area contributed by atoms with Gasteiger partial charge in [-0.15, -0.1) is 0 Å². The summed E-state index contributed by atoms with van der Waals surface area (Å²) in [4.78, 5) is 2.41. The molecule has 0 amide bonds. The van der Waals surface area contributed by atoms with Crippen LogP contribution in [-0.2, 0) is 0 Å². The highest BCUT2D eigenvalue weighted by Gasteiger charge is 2.42. The number of nitrogens with zero attached hydrogens (tertiary/aromatic N) is 1. The zero-order valence-corrected chi connectivity index (χ0v) is 16.2. The molecule has 3 heterocycles. The molecule has 0 unspecified atom stereocenters. The normalized spacial score (nSPS) is 26.0. The summed E-state index contributed by atoms with van der Waals surface area (Å²) in [6, 6.07) is 9.60. The Hall–Kier alpha value is -2.60. The molecule has 3 atom stereocenters. The average Bonchev–Trinajstić information content (AvgIpc) is 3.38. The number of aromatic hydroxyl groups is 1. The lowest BCUT2D eigenvalue weighted by Gasteiger charge is -2.42. The van der Waals surface area contributed by atoms with Crippen LogP contribution in [0.3, 0.4) is 0 Å². The quantitative estimate of drug-likeness (QED) is 0.872. The number of hydrogen-bond acceptors (Lipinski definition) is 6. The summed E-state index contributed by atoms with van der Waals surface area (Å²) in [5, 5.41) is 10.9. The zero-order valence-electron chi connectivity index (χ0n) is 16.2. The fraction of sp³-hybridized carbons (Fsp3) is 0.455. The molecule has 6 heteroatoms. The topological polar surface area (TPSA) is 60.4 Å². The van der Waals surface area contributed by atoms with E-state index in [-0.39, 0.29) is 30.6 Å². The number of rotatable bonds is 3. The van der Waals surface area contributed by atoms with Crippen molar-refractivity contribution in [3.63, 3.8) is 0 Å². The molecule has 0 radical (unpaired) electrons. The van der Waals surface area contributed by atoms with Gasteiger partial charge in [0.2, 0.25) is 6.79 Å². The van der Waals surface area contributed by atoms with Crippen molar-refractivity contribution in [2.45, 2.75) is 31.9 Å². The van der Waals surface area contributed by atoms with Crippen molar-refractivity contribution in [3.8, 4) is 28.7 Å². The Balaban J connectivity index is 1.65. The number of hydrogen-bond donors (Lipinski definition) is 1. The van der Waals surface area contributed by atoms with E-state index < -0.39 is 0 Å². The SMILES string of the molecule is COc1cccc([C@@H]2c3cc4c(cc3O[C@@H](N3CCCC3)[C@@H]2C)OCO4)c1O. The summed E-state index contributed by atoms with van der Waals surface area (Å²) in [7, 11) is 1.57. The van der Waals surface area contributed by atoms with Gasteiger partial charge in [0, 0.05) is 42.1 Å². The highest BCUT2D eigenvalue weighted by molar-refractivity contribution is 5.59. The molecule has 0 saturated carbocycles. The van der Waals surface area contributed by atoms with Gasteiger partial charge in [0.05, 0.1) is 7.11 Å². The molecule has 148 valence electrons. The van der Waals surface area contributed by atoms with Gasteiger partial charge in [0.1, 0.15) is 5.75 Å². The Morgan fingerprint density at radius 3 is 2.54 bits per heavy atom. The maximum atomic E-state index is 10.9. The van der Waals surface area contributed by atoms with Crippen molar-refractivity contribution < 1.29 is 24.1 Å². The minimum absolute atomic E-state index is 0.0426. The van der Waals surface area contributed by atoms with Gasteiger partial charge in [-0.3, -0.25) is 4.90 Å². The first-order chi connectivity index (χ1) is 13.7. The molecule has 0 spiro atoms. The van der Waals surface area contributed by atoms with Gasteiger partial charge in [0.15, 0.2) is 29.2 Å². The molecule has 0 bridgehead atoms. The van der Waals surface area contributed by atoms with Crippen LogP contribution in [0.25, 0.3) is 0 Å². The van der Waals surface area contributed by atoms with Crippen LogP contribution < -0.4 is 18.9 Å². The Bertz CT molecular complexity index is 893. The van der Waals surface area contributed by atoms with E-state index in [1.165, 1.54) is 12.8 Å². The zero-order chi connectivity index (χ0) is 19.3. The van der Waals surface area contributed by atoms with E-state index >= 15 is 0 Å². The number of para-hydroxylation sites is 1. The third-order valence-electron chi connectivity index (χ3n) is 6.15. The molecule has 3 aliphatic heterocycles. The van der Waals surface area contributed by atoms with E-state index in [2.05, 4.69) is 11.8 Å². The molecule has 6 nitrogen and oxygen atoms in total. The first kappa shape index (κ1) is 17.5. The summed E-state index contributed by atoms with van der Waals surface area (Å²) in [5.74, 6) is 3.00. The third-order valence-corrected chi connectivity index (χ3v) is 6.15. The maximum absolute atomic E-state index is 10.9. The number of fused-ring (bicyclic) bond motifs is 2. The summed E-state index contributed by atoms with van der Waals surface area (Å²) in [5.41, 5.74) is 1.86. The molecule has 2 aromatic rings. The first-order valence-electron chi connectivity index (χ1n) is 9.87. The molecule has 5 rings (SSSR count). The van der Waals surface area contributed by atoms with E-state index in [4.69, 9.17) is 18.9 Å². The number of ether oxygens (including phenoxy) is 4. The smallest absolute Gasteiger partial charge is 0.231 e. The summed E-state index contributed by atoms with van der Waals surface area (Å²) < 4.78 is 23.0. The Kier molecular flexibility index (Phi) is 4.23. The number of methoxy groups -OCH3 is 1. The van der Waals surface area contributed by atoms with E-state index in [1.54, 1.807) is 13.2 Å². The number of likely N-dealkylation sites (tertiary alicyclic amines) is 1. The number of phenolic OH excluding ortho intramolecular Hbond substituents is 1. The molecule has 2 aromatic carbocycles. The molecule has 0 aromatic heterocycles. The van der Waals surface area contributed by atoms with Crippen LogP contribution in [0.4, 0.5) is 0 Å². The molecule has 28 heavy (non-hydrogen) atoms. The van der Waals surface area contributed by atoms with Crippen LogP contribution in [0.15, 0.2) is 30.3 Å². The second-order valence-corrected chi connectivity index (χ2v) is 7.73. The van der Waals surface area contributed by atoms with Crippen molar-refractivity contribution in [1.29, 1.82) is 0 Å². The number of benzene rings is 2. The van der Waals surface area contributed by atoms with Crippen LogP contribution in [0, 0.1) is 5.92 Å². The van der Waals surface area contributed by atoms with Gasteiger partial charge >= 0.3 is 0 Å². The van der Waals surface area contributed by atoms with Crippen molar-refractivity contribution in [3.05, 3.63) is 41.5 Å². The minimum atomic E-state index is -0.0500. The molecule has 0 aliphatic carbocycles. The maximum Gasteiger partial charge on any atom is 0.231 e. The Morgan fingerprint density at radius 2 is 1.79 bits per heavy atom. The van der Waals surface area contributed by atoms with Crippen molar-refractivity contribution >= 4 is 0 Å². The fourth-order valence-electron chi connectivity index (χ4n) is 4.78. The molecular formula is C22H25NO5. The van der Waals surface area contributed by atoms with Gasteiger partial charge in [-0.2, -0.15) is 0 Å². The van der Waals surface area contributed by atoms with Gasteiger partial charge in [-0.05, 0) is 25.0 Å². The van der Waals surface area contributed by atoms with Gasteiger partial charge in [-0.1, -0.05) is 19.1 Å². The predicted molar refractivity (Wildman–Crippen MR) is 103 cm³/mol. The summed E-state index contributed by atoms with van der Waals surface area (Å²) >= 11 is 0. The lowest BCUT2D eigenvalue weighted by molar-refractivity contribution is -0.0180. The van der Waals surface area contributed by atoms with Crippen molar-refractivity contribution in [2.24, 2.45) is 5.92 Å². The van der Waals surface area contributed by atoms with Crippen molar-refractivity contribution in [1.82, 2.24) is 4.90 Å². The van der Waals surface area contributed by atoms with E-state index in [0.29, 0.717) is 11.5 Å². The third kappa shape index (κ3) is 2.66. The minimum Gasteiger partial charge on any atom is -0.504 e. The molecule has 1 fully saturated rings. The fourth-order valence-corrected chi connectivity index (χ4v) is 4.78. The predicted octanol–water partition coefficient (Wildman–Crippen LogP) is 3.71. The molecule has 1 saturated heterocycles. The van der Waals surface area contributed by atoms with Crippen molar-refractivity contribution in [2.75, 3.05) is 27.0 Å². The standard InChI is InChI=1S/C22H25NO5/c1-13-20(14-6-5-7-16(25-2)21(14)24)15-10-18-19(27-12-26-18)11-17(15)28-22(13)23-8-3-4-9-23/h5-7,10-11,13,20,22,24H,3-4,8-9,12H2,1-2H3/t13-,20-,22-/m1/s1. The van der Waals surface area contributed by atoms with Crippen LogP contribution in [0.1, 0.15) is 36.8 Å². The largest absolute Gasteiger partial charge is 0.504 e. The molecular weight excluding hydrogens is 358 g/mol.